The summed E-state index contributed by atoms with van der Waals surface area (Å²) >= 11 is 6.27. The van der Waals surface area contributed by atoms with Crippen molar-refractivity contribution < 1.29 is 9.53 Å². The Bertz CT molecular complexity index is 1160. The molecule has 2 fully saturated rings. The zero-order valence-corrected chi connectivity index (χ0v) is 20.1. The molecule has 2 unspecified atom stereocenters. The Morgan fingerprint density at radius 3 is 2.52 bits per heavy atom. The molecule has 2 aromatic heterocycles. The molecular formula is C24H29ClN6O2. The van der Waals surface area contributed by atoms with Crippen LogP contribution in [-0.4, -0.2) is 62.2 Å². The summed E-state index contributed by atoms with van der Waals surface area (Å²) in [6, 6.07) is 8.48. The van der Waals surface area contributed by atoms with E-state index in [1.165, 1.54) is 0 Å². The van der Waals surface area contributed by atoms with E-state index in [0.29, 0.717) is 11.1 Å². The van der Waals surface area contributed by atoms with Gasteiger partial charge in [-0.1, -0.05) is 11.6 Å². The van der Waals surface area contributed by atoms with Crippen LogP contribution in [0, 0.1) is 0 Å². The van der Waals surface area contributed by atoms with Crippen LogP contribution in [0.1, 0.15) is 46.5 Å². The van der Waals surface area contributed by atoms with Crippen molar-refractivity contribution in [1.29, 1.82) is 0 Å². The predicted octanol–water partition coefficient (Wildman–Crippen LogP) is 5.04. The van der Waals surface area contributed by atoms with E-state index in [2.05, 4.69) is 32.3 Å². The molecule has 4 heterocycles. The number of aromatic amines is 1. The molecule has 8 nitrogen and oxygen atoms in total. The molecule has 0 saturated carbocycles. The van der Waals surface area contributed by atoms with Gasteiger partial charge in [-0.25, -0.2) is 4.79 Å². The largest absolute Gasteiger partial charge is 0.444 e. The average Bonchev–Trinajstić information content (AvgIpc) is 3.36. The van der Waals surface area contributed by atoms with Gasteiger partial charge >= 0.3 is 6.09 Å². The van der Waals surface area contributed by atoms with Gasteiger partial charge in [0, 0.05) is 36.1 Å². The van der Waals surface area contributed by atoms with Gasteiger partial charge in [0.2, 0.25) is 0 Å². The quantitative estimate of drug-likeness (QED) is 0.579. The van der Waals surface area contributed by atoms with Crippen LogP contribution in [0.2, 0.25) is 5.02 Å². The summed E-state index contributed by atoms with van der Waals surface area (Å²) in [6.45, 7) is 5.74. The lowest BCUT2D eigenvalue weighted by atomic mass is 9.96. The number of nitrogens with zero attached hydrogens (tertiary/aromatic N) is 5. The highest BCUT2D eigenvalue weighted by Crippen LogP contribution is 2.39. The standard InChI is InChI=1S/C24H29ClN6O2/c1-24(2,3)33-23(32)31-14-5-6-15(31)12-16(11-14)30(4)21-10-9-20(27-28-21)17-7-8-19(25)18-13-26-29-22(17)18/h7-10,13-16H,5-6,11-12H2,1-4H3,(H,26,29)/t14-,15?,16?/m0/s1. The van der Waals surface area contributed by atoms with Crippen LogP contribution in [0.15, 0.2) is 30.5 Å². The van der Waals surface area contributed by atoms with Gasteiger partial charge in [-0.15, -0.1) is 10.2 Å². The second kappa shape index (κ2) is 8.17. The lowest BCUT2D eigenvalue weighted by Crippen LogP contribution is -2.53. The molecule has 174 valence electrons. The number of ether oxygens (including phenoxy) is 1. The van der Waals surface area contributed by atoms with Gasteiger partial charge in [0.15, 0.2) is 5.82 Å². The fourth-order valence-electron chi connectivity index (χ4n) is 5.14. The summed E-state index contributed by atoms with van der Waals surface area (Å²) in [6.07, 6.45) is 5.39. The van der Waals surface area contributed by atoms with E-state index in [-0.39, 0.29) is 18.2 Å². The van der Waals surface area contributed by atoms with Crippen LogP contribution in [0.5, 0.6) is 0 Å². The zero-order valence-electron chi connectivity index (χ0n) is 19.4. The van der Waals surface area contributed by atoms with Crippen LogP contribution < -0.4 is 4.90 Å². The Kier molecular flexibility index (Phi) is 5.43. The maximum absolute atomic E-state index is 12.7. The van der Waals surface area contributed by atoms with E-state index in [1.807, 2.05) is 49.9 Å². The molecule has 2 bridgehead atoms. The van der Waals surface area contributed by atoms with Crippen LogP contribution in [0.3, 0.4) is 0 Å². The van der Waals surface area contributed by atoms with E-state index in [9.17, 15) is 4.79 Å². The first-order valence-corrected chi connectivity index (χ1v) is 11.8. The highest BCUT2D eigenvalue weighted by Gasteiger charge is 2.45. The lowest BCUT2D eigenvalue weighted by Gasteiger charge is -2.42. The summed E-state index contributed by atoms with van der Waals surface area (Å²) in [5, 5.41) is 17.6. The number of hydrogen-bond donors (Lipinski definition) is 1. The second-order valence-electron chi connectivity index (χ2n) is 10.0. The van der Waals surface area contributed by atoms with Crippen molar-refractivity contribution in [2.75, 3.05) is 11.9 Å². The molecule has 0 radical (unpaired) electrons. The predicted molar refractivity (Wildman–Crippen MR) is 128 cm³/mol. The maximum atomic E-state index is 12.7. The SMILES string of the molecule is CN(c1ccc(-c2ccc(Cl)c3cn[nH]c23)nn1)C1CC2CC[C@@H](C1)N2C(=O)OC(C)(C)C. The van der Waals surface area contributed by atoms with Crippen LogP contribution in [-0.2, 0) is 4.74 Å². The van der Waals surface area contributed by atoms with E-state index in [1.54, 1.807) is 6.20 Å². The molecule has 3 atom stereocenters. The van der Waals surface area contributed by atoms with E-state index >= 15 is 0 Å². The summed E-state index contributed by atoms with van der Waals surface area (Å²) < 4.78 is 5.66. The van der Waals surface area contributed by atoms with Gasteiger partial charge in [-0.05, 0) is 70.7 Å². The van der Waals surface area contributed by atoms with Crippen molar-refractivity contribution in [2.24, 2.45) is 0 Å². The van der Waals surface area contributed by atoms with Crippen molar-refractivity contribution >= 4 is 34.4 Å². The summed E-state index contributed by atoms with van der Waals surface area (Å²) in [5.41, 5.74) is 2.05. The number of aromatic nitrogens is 4. The first-order chi connectivity index (χ1) is 15.7. The maximum Gasteiger partial charge on any atom is 0.410 e. The molecule has 1 aromatic carbocycles. The number of fused-ring (bicyclic) bond motifs is 3. The van der Waals surface area contributed by atoms with Crippen LogP contribution in [0.25, 0.3) is 22.2 Å². The van der Waals surface area contributed by atoms with Crippen LogP contribution >= 0.6 is 11.6 Å². The number of benzene rings is 1. The van der Waals surface area contributed by atoms with Crippen molar-refractivity contribution in [3.05, 3.63) is 35.5 Å². The molecule has 2 aliphatic heterocycles. The van der Waals surface area contributed by atoms with Gasteiger partial charge in [0.25, 0.3) is 0 Å². The topological polar surface area (TPSA) is 87.2 Å². The first kappa shape index (κ1) is 21.9. The molecular weight excluding hydrogens is 440 g/mol. The number of anilines is 1. The third-order valence-corrected chi connectivity index (χ3v) is 7.04. The monoisotopic (exact) mass is 468 g/mol. The van der Waals surface area contributed by atoms with E-state index in [0.717, 1.165) is 53.7 Å². The van der Waals surface area contributed by atoms with Gasteiger partial charge in [0.05, 0.1) is 22.4 Å². The minimum Gasteiger partial charge on any atom is -0.444 e. The highest BCUT2D eigenvalue weighted by atomic mass is 35.5. The van der Waals surface area contributed by atoms with Crippen molar-refractivity contribution in [2.45, 2.75) is 70.2 Å². The number of H-pyrrole nitrogens is 1. The Balaban J connectivity index is 1.31. The Morgan fingerprint density at radius 1 is 1.15 bits per heavy atom. The summed E-state index contributed by atoms with van der Waals surface area (Å²) in [4.78, 5) is 16.9. The molecule has 9 heteroatoms. The minimum atomic E-state index is -0.479. The van der Waals surface area contributed by atoms with E-state index in [4.69, 9.17) is 16.3 Å². The van der Waals surface area contributed by atoms with Gasteiger partial charge in [-0.3, -0.25) is 5.10 Å². The van der Waals surface area contributed by atoms with Gasteiger partial charge in [0.1, 0.15) is 5.60 Å². The number of carbonyl (C=O) groups excluding carboxylic acids is 1. The fraction of sp³-hybridized carbons (Fsp3) is 0.500. The van der Waals surface area contributed by atoms with Crippen molar-refractivity contribution in [3.63, 3.8) is 0 Å². The number of amides is 1. The molecule has 5 rings (SSSR count). The number of piperidine rings is 1. The minimum absolute atomic E-state index is 0.187. The van der Waals surface area contributed by atoms with Crippen molar-refractivity contribution in [1.82, 2.24) is 25.3 Å². The fourth-order valence-corrected chi connectivity index (χ4v) is 5.34. The molecule has 3 aromatic rings. The van der Waals surface area contributed by atoms with Gasteiger partial charge < -0.3 is 14.5 Å². The van der Waals surface area contributed by atoms with E-state index < -0.39 is 5.60 Å². The normalized spacial score (nSPS) is 22.6. The molecule has 0 spiro atoms. The molecule has 1 amide bonds. The third kappa shape index (κ3) is 4.12. The first-order valence-electron chi connectivity index (χ1n) is 11.4. The number of carbonyl (C=O) groups is 1. The van der Waals surface area contributed by atoms with Gasteiger partial charge in [-0.2, -0.15) is 5.10 Å². The molecule has 2 saturated heterocycles. The number of halogens is 1. The highest BCUT2D eigenvalue weighted by molar-refractivity contribution is 6.35. The number of rotatable bonds is 3. The second-order valence-corrected chi connectivity index (χ2v) is 10.4. The smallest absolute Gasteiger partial charge is 0.410 e. The summed E-state index contributed by atoms with van der Waals surface area (Å²) in [5.74, 6) is 0.823. The lowest BCUT2D eigenvalue weighted by molar-refractivity contribution is 0.00597. The van der Waals surface area contributed by atoms with Crippen LogP contribution in [0.4, 0.5) is 10.6 Å². The third-order valence-electron chi connectivity index (χ3n) is 6.71. The number of hydrogen-bond acceptors (Lipinski definition) is 6. The molecule has 33 heavy (non-hydrogen) atoms. The summed E-state index contributed by atoms with van der Waals surface area (Å²) in [7, 11) is 2.06. The number of nitrogens with one attached hydrogen (secondary N) is 1. The zero-order chi connectivity index (χ0) is 23.3. The molecule has 1 N–H and O–H groups in total. The Labute approximate surface area is 198 Å². The molecule has 2 aliphatic rings. The molecule has 0 aliphatic carbocycles. The average molecular weight is 469 g/mol. The Morgan fingerprint density at radius 2 is 1.88 bits per heavy atom. The Hall–Kier alpha value is -2.87. The van der Waals surface area contributed by atoms with Crippen molar-refractivity contribution in [3.8, 4) is 11.3 Å².